The summed E-state index contributed by atoms with van der Waals surface area (Å²) in [7, 11) is 0. The zero-order valence-corrected chi connectivity index (χ0v) is 12.1. The van der Waals surface area contributed by atoms with Crippen LogP contribution in [0.1, 0.15) is 57.4 Å². The molecule has 19 heavy (non-hydrogen) atoms. The molecule has 1 nitrogen and oxygen atoms in total. The van der Waals surface area contributed by atoms with Crippen LogP contribution in [0.4, 0.5) is 4.39 Å². The predicted molar refractivity (Wildman–Crippen MR) is 77.5 cm³/mol. The average molecular weight is 264 g/mol. The second-order valence-electron chi connectivity index (χ2n) is 5.79. The fourth-order valence-corrected chi connectivity index (χ4v) is 2.95. The van der Waals surface area contributed by atoms with Crippen molar-refractivity contribution in [1.82, 2.24) is 0 Å². The normalized spacial score (nSPS) is 25.0. The maximum atomic E-state index is 12.7. The smallest absolute Gasteiger partial charge is 0.131 e. The first-order valence-corrected chi connectivity index (χ1v) is 7.56. The molecule has 1 aliphatic rings. The SMILES string of the molecule is CC[C@H]1CC[C@H](c2ccc(OCC(C)F)cc2)CC1. The molecule has 1 saturated carbocycles. The molecule has 0 radical (unpaired) electrons. The summed E-state index contributed by atoms with van der Waals surface area (Å²) in [5.74, 6) is 2.41. The Bertz CT molecular complexity index is 363. The second kappa shape index (κ2) is 6.93. The van der Waals surface area contributed by atoms with Crippen LogP contribution in [0.2, 0.25) is 0 Å². The van der Waals surface area contributed by atoms with Gasteiger partial charge in [0.05, 0.1) is 0 Å². The monoisotopic (exact) mass is 264 g/mol. The van der Waals surface area contributed by atoms with Gasteiger partial charge in [0.15, 0.2) is 0 Å². The van der Waals surface area contributed by atoms with Crippen LogP contribution in [-0.4, -0.2) is 12.8 Å². The molecule has 0 N–H and O–H groups in total. The van der Waals surface area contributed by atoms with E-state index in [4.69, 9.17) is 4.74 Å². The molecule has 1 atom stereocenters. The van der Waals surface area contributed by atoms with Crippen molar-refractivity contribution >= 4 is 0 Å². The molecular formula is C17H25FO. The van der Waals surface area contributed by atoms with Gasteiger partial charge in [-0.1, -0.05) is 25.5 Å². The van der Waals surface area contributed by atoms with E-state index in [1.807, 2.05) is 12.1 Å². The summed E-state index contributed by atoms with van der Waals surface area (Å²) >= 11 is 0. The molecule has 1 aromatic rings. The second-order valence-corrected chi connectivity index (χ2v) is 5.79. The number of benzene rings is 1. The fourth-order valence-electron chi connectivity index (χ4n) is 2.95. The van der Waals surface area contributed by atoms with E-state index in [9.17, 15) is 4.39 Å². The summed E-state index contributed by atoms with van der Waals surface area (Å²) < 4.78 is 18.1. The van der Waals surface area contributed by atoms with Gasteiger partial charge in [-0.2, -0.15) is 0 Å². The zero-order valence-electron chi connectivity index (χ0n) is 12.1. The molecule has 0 saturated heterocycles. The van der Waals surface area contributed by atoms with Crippen LogP contribution in [0.3, 0.4) is 0 Å². The Kier molecular flexibility index (Phi) is 5.24. The Hall–Kier alpha value is -1.05. The van der Waals surface area contributed by atoms with E-state index in [1.54, 1.807) is 0 Å². The van der Waals surface area contributed by atoms with Crippen LogP contribution in [0.25, 0.3) is 0 Å². The minimum Gasteiger partial charge on any atom is -0.491 e. The molecule has 0 spiro atoms. The van der Waals surface area contributed by atoms with Crippen LogP contribution in [0.5, 0.6) is 5.75 Å². The average Bonchev–Trinajstić information content (AvgIpc) is 2.46. The summed E-state index contributed by atoms with van der Waals surface area (Å²) in [5, 5.41) is 0. The lowest BCUT2D eigenvalue weighted by molar-refractivity contribution is 0.209. The van der Waals surface area contributed by atoms with Gasteiger partial charge in [-0.3, -0.25) is 0 Å². The van der Waals surface area contributed by atoms with Gasteiger partial charge in [0.2, 0.25) is 0 Å². The van der Waals surface area contributed by atoms with Gasteiger partial charge in [0.1, 0.15) is 18.5 Å². The lowest BCUT2D eigenvalue weighted by Gasteiger charge is -2.28. The van der Waals surface area contributed by atoms with Crippen LogP contribution < -0.4 is 4.74 Å². The van der Waals surface area contributed by atoms with Crippen LogP contribution in [0.15, 0.2) is 24.3 Å². The highest BCUT2D eigenvalue weighted by Gasteiger charge is 2.21. The van der Waals surface area contributed by atoms with Gasteiger partial charge in [0.25, 0.3) is 0 Å². The fraction of sp³-hybridized carbons (Fsp3) is 0.647. The standard InChI is InChI=1S/C17H25FO/c1-3-14-4-6-15(7-5-14)16-8-10-17(11-9-16)19-12-13(2)18/h8-11,13-15H,3-7,12H2,1-2H3/t13?,14-,15-. The third-order valence-corrected chi connectivity index (χ3v) is 4.26. The van der Waals surface area contributed by atoms with E-state index in [2.05, 4.69) is 19.1 Å². The van der Waals surface area contributed by atoms with Gasteiger partial charge in [-0.15, -0.1) is 0 Å². The molecule has 1 unspecified atom stereocenters. The van der Waals surface area contributed by atoms with E-state index in [-0.39, 0.29) is 6.61 Å². The number of halogens is 1. The lowest BCUT2D eigenvalue weighted by atomic mass is 9.78. The lowest BCUT2D eigenvalue weighted by Crippen LogP contribution is -2.12. The van der Waals surface area contributed by atoms with Crippen molar-refractivity contribution in [3.63, 3.8) is 0 Å². The Morgan fingerprint density at radius 1 is 1.16 bits per heavy atom. The third-order valence-electron chi connectivity index (χ3n) is 4.26. The predicted octanol–water partition coefficient (Wildman–Crippen LogP) is 5.11. The Labute approximate surface area is 116 Å². The Balaban J connectivity index is 1.88. The highest BCUT2D eigenvalue weighted by molar-refractivity contribution is 5.29. The van der Waals surface area contributed by atoms with Crippen molar-refractivity contribution in [2.24, 2.45) is 5.92 Å². The first-order valence-electron chi connectivity index (χ1n) is 7.56. The zero-order chi connectivity index (χ0) is 13.7. The van der Waals surface area contributed by atoms with E-state index in [0.29, 0.717) is 5.92 Å². The Morgan fingerprint density at radius 3 is 2.32 bits per heavy atom. The number of ether oxygens (including phenoxy) is 1. The van der Waals surface area contributed by atoms with Crippen molar-refractivity contribution in [2.45, 2.75) is 58.0 Å². The van der Waals surface area contributed by atoms with Gasteiger partial charge in [-0.05, 0) is 62.1 Å². The molecule has 1 aliphatic carbocycles. The van der Waals surface area contributed by atoms with E-state index in [1.165, 1.54) is 44.6 Å². The first-order chi connectivity index (χ1) is 9.19. The molecule has 1 fully saturated rings. The van der Waals surface area contributed by atoms with Crippen molar-refractivity contribution in [3.8, 4) is 5.75 Å². The Morgan fingerprint density at radius 2 is 1.79 bits per heavy atom. The molecule has 2 heteroatoms. The van der Waals surface area contributed by atoms with E-state index >= 15 is 0 Å². The third kappa shape index (κ3) is 4.22. The van der Waals surface area contributed by atoms with Crippen molar-refractivity contribution in [1.29, 1.82) is 0 Å². The molecule has 0 amide bonds. The summed E-state index contributed by atoms with van der Waals surface area (Å²) in [5.41, 5.74) is 1.41. The molecule has 0 aromatic heterocycles. The summed E-state index contributed by atoms with van der Waals surface area (Å²) in [6, 6.07) is 8.25. The number of hydrogen-bond acceptors (Lipinski definition) is 1. The van der Waals surface area contributed by atoms with E-state index < -0.39 is 6.17 Å². The van der Waals surface area contributed by atoms with Gasteiger partial charge in [-0.25, -0.2) is 4.39 Å². The maximum absolute atomic E-state index is 12.7. The number of alkyl halides is 1. The van der Waals surface area contributed by atoms with Gasteiger partial charge in [0, 0.05) is 0 Å². The largest absolute Gasteiger partial charge is 0.491 e. The van der Waals surface area contributed by atoms with Crippen molar-refractivity contribution in [2.75, 3.05) is 6.61 Å². The number of rotatable bonds is 5. The molecule has 0 heterocycles. The molecule has 1 aromatic carbocycles. The molecule has 0 bridgehead atoms. The summed E-state index contributed by atoms with van der Waals surface area (Å²) in [6.45, 7) is 3.95. The minimum absolute atomic E-state index is 0.140. The topological polar surface area (TPSA) is 9.23 Å². The summed E-state index contributed by atoms with van der Waals surface area (Å²) in [6.07, 6.45) is 5.74. The molecule has 0 aliphatic heterocycles. The highest BCUT2D eigenvalue weighted by atomic mass is 19.1. The molecular weight excluding hydrogens is 239 g/mol. The van der Waals surface area contributed by atoms with Crippen LogP contribution in [-0.2, 0) is 0 Å². The number of hydrogen-bond donors (Lipinski definition) is 0. The van der Waals surface area contributed by atoms with E-state index in [0.717, 1.165) is 11.7 Å². The molecule has 2 rings (SSSR count). The van der Waals surface area contributed by atoms with Gasteiger partial charge < -0.3 is 4.74 Å². The molecule has 106 valence electrons. The van der Waals surface area contributed by atoms with Crippen molar-refractivity contribution in [3.05, 3.63) is 29.8 Å². The summed E-state index contributed by atoms with van der Waals surface area (Å²) in [4.78, 5) is 0. The van der Waals surface area contributed by atoms with Crippen LogP contribution >= 0.6 is 0 Å². The first kappa shape index (κ1) is 14.4. The van der Waals surface area contributed by atoms with Crippen molar-refractivity contribution < 1.29 is 9.13 Å². The van der Waals surface area contributed by atoms with Gasteiger partial charge >= 0.3 is 0 Å². The quantitative estimate of drug-likeness (QED) is 0.718. The van der Waals surface area contributed by atoms with Crippen LogP contribution in [0, 0.1) is 5.92 Å². The highest BCUT2D eigenvalue weighted by Crippen LogP contribution is 2.37. The maximum Gasteiger partial charge on any atom is 0.131 e. The minimum atomic E-state index is -0.913.